The van der Waals surface area contributed by atoms with Crippen molar-refractivity contribution in [2.45, 2.75) is 20.3 Å². The van der Waals surface area contributed by atoms with Gasteiger partial charge < -0.3 is 9.64 Å². The number of benzene rings is 1. The zero-order chi connectivity index (χ0) is 15.2. The molecule has 0 spiro atoms. The van der Waals surface area contributed by atoms with E-state index in [0.29, 0.717) is 10.8 Å². The van der Waals surface area contributed by atoms with E-state index in [1.54, 1.807) is 6.07 Å². The predicted octanol–water partition coefficient (Wildman–Crippen LogP) is 2.58. The van der Waals surface area contributed by atoms with Gasteiger partial charge in [0.2, 0.25) is 0 Å². The number of hydrogen-bond donors (Lipinski definition) is 0. The third kappa shape index (κ3) is 4.61. The summed E-state index contributed by atoms with van der Waals surface area (Å²) in [6.45, 7) is 8.77. The Balaban J connectivity index is 1.81. The first-order valence-electron chi connectivity index (χ1n) is 7.49. The van der Waals surface area contributed by atoms with Gasteiger partial charge in [0.05, 0.1) is 5.02 Å². The average Bonchev–Trinajstić information content (AvgIpc) is 2.49. The second-order valence-corrected chi connectivity index (χ2v) is 5.85. The van der Waals surface area contributed by atoms with Crippen molar-refractivity contribution in [3.8, 4) is 5.75 Å². The van der Waals surface area contributed by atoms with E-state index >= 15 is 0 Å². The summed E-state index contributed by atoms with van der Waals surface area (Å²) in [5, 5.41) is 0.543. The van der Waals surface area contributed by atoms with E-state index in [2.05, 4.69) is 11.8 Å². The summed E-state index contributed by atoms with van der Waals surface area (Å²) < 4.78 is 5.57. The van der Waals surface area contributed by atoms with Crippen LogP contribution in [0.4, 0.5) is 0 Å². The number of carbonyl (C=O) groups excluding carboxylic acids is 1. The minimum absolute atomic E-state index is 0.0312. The molecule has 1 amide bonds. The quantitative estimate of drug-likeness (QED) is 0.838. The molecule has 0 aliphatic carbocycles. The number of carbonyl (C=O) groups is 1. The largest absolute Gasteiger partial charge is 0.482 e. The maximum absolute atomic E-state index is 12.2. The lowest BCUT2D eigenvalue weighted by molar-refractivity contribution is -0.135. The van der Waals surface area contributed by atoms with Gasteiger partial charge in [-0.05, 0) is 37.6 Å². The fourth-order valence-corrected chi connectivity index (χ4v) is 2.66. The molecule has 1 fully saturated rings. The minimum Gasteiger partial charge on any atom is -0.482 e. The third-order valence-corrected chi connectivity index (χ3v) is 4.01. The van der Waals surface area contributed by atoms with Crippen molar-refractivity contribution in [1.82, 2.24) is 9.80 Å². The van der Waals surface area contributed by atoms with Crippen LogP contribution in [0.3, 0.4) is 0 Å². The topological polar surface area (TPSA) is 32.8 Å². The van der Waals surface area contributed by atoms with E-state index in [9.17, 15) is 4.79 Å². The Morgan fingerprint density at radius 3 is 2.67 bits per heavy atom. The van der Waals surface area contributed by atoms with E-state index in [0.717, 1.165) is 44.7 Å². The molecular formula is C16H23ClN2O2. The summed E-state index contributed by atoms with van der Waals surface area (Å²) in [7, 11) is 0. The fourth-order valence-electron chi connectivity index (χ4n) is 2.49. The van der Waals surface area contributed by atoms with Crippen molar-refractivity contribution < 1.29 is 9.53 Å². The van der Waals surface area contributed by atoms with Crippen LogP contribution in [0.15, 0.2) is 18.2 Å². The number of hydrogen-bond acceptors (Lipinski definition) is 3. The third-order valence-electron chi connectivity index (χ3n) is 3.70. The molecule has 116 valence electrons. The van der Waals surface area contributed by atoms with Crippen molar-refractivity contribution in [2.75, 3.05) is 39.3 Å². The molecule has 0 saturated carbocycles. The number of aryl methyl sites for hydroxylation is 1. The first kappa shape index (κ1) is 16.1. The van der Waals surface area contributed by atoms with Crippen molar-refractivity contribution >= 4 is 17.5 Å². The normalized spacial score (nSPS) is 16.0. The number of piperazine rings is 1. The van der Waals surface area contributed by atoms with Gasteiger partial charge in [0.25, 0.3) is 5.91 Å². The molecule has 2 rings (SSSR count). The SMILES string of the molecule is CCCN1CCN(C(=O)COc2cc(C)ccc2Cl)CC1. The average molecular weight is 311 g/mol. The van der Waals surface area contributed by atoms with Gasteiger partial charge in [-0.1, -0.05) is 24.6 Å². The lowest BCUT2D eigenvalue weighted by Crippen LogP contribution is -2.50. The Morgan fingerprint density at radius 2 is 2.00 bits per heavy atom. The molecule has 0 N–H and O–H groups in total. The highest BCUT2D eigenvalue weighted by Gasteiger charge is 2.21. The van der Waals surface area contributed by atoms with Gasteiger partial charge >= 0.3 is 0 Å². The zero-order valence-electron chi connectivity index (χ0n) is 12.8. The lowest BCUT2D eigenvalue weighted by Gasteiger charge is -2.34. The molecule has 1 aromatic rings. The van der Waals surface area contributed by atoms with Crippen LogP contribution >= 0.6 is 11.6 Å². The molecule has 1 aliphatic rings. The van der Waals surface area contributed by atoms with Crippen LogP contribution in [0.2, 0.25) is 5.02 Å². The van der Waals surface area contributed by atoms with Gasteiger partial charge in [0, 0.05) is 26.2 Å². The molecule has 1 heterocycles. The van der Waals surface area contributed by atoms with Crippen LogP contribution in [0.25, 0.3) is 0 Å². The maximum atomic E-state index is 12.2. The molecule has 0 unspecified atom stereocenters. The highest BCUT2D eigenvalue weighted by atomic mass is 35.5. The Kier molecular flexibility index (Phi) is 5.88. The Morgan fingerprint density at radius 1 is 1.29 bits per heavy atom. The summed E-state index contributed by atoms with van der Waals surface area (Å²) in [6.07, 6.45) is 1.16. The number of rotatable bonds is 5. The van der Waals surface area contributed by atoms with Crippen LogP contribution in [0.5, 0.6) is 5.75 Å². The van der Waals surface area contributed by atoms with Gasteiger partial charge in [-0.25, -0.2) is 0 Å². The number of amides is 1. The smallest absolute Gasteiger partial charge is 0.260 e. The second-order valence-electron chi connectivity index (χ2n) is 5.44. The van der Waals surface area contributed by atoms with E-state index in [4.69, 9.17) is 16.3 Å². The van der Waals surface area contributed by atoms with Crippen molar-refractivity contribution in [3.05, 3.63) is 28.8 Å². The van der Waals surface area contributed by atoms with Gasteiger partial charge in [-0.15, -0.1) is 0 Å². The summed E-state index contributed by atoms with van der Waals surface area (Å²) in [6, 6.07) is 5.57. The summed E-state index contributed by atoms with van der Waals surface area (Å²) in [4.78, 5) is 16.4. The molecule has 4 nitrogen and oxygen atoms in total. The lowest BCUT2D eigenvalue weighted by atomic mass is 10.2. The molecule has 21 heavy (non-hydrogen) atoms. The van der Waals surface area contributed by atoms with Crippen LogP contribution in [0, 0.1) is 6.92 Å². The molecule has 0 aromatic heterocycles. The van der Waals surface area contributed by atoms with Gasteiger partial charge in [-0.3, -0.25) is 9.69 Å². The van der Waals surface area contributed by atoms with Crippen LogP contribution < -0.4 is 4.74 Å². The van der Waals surface area contributed by atoms with E-state index in [-0.39, 0.29) is 12.5 Å². The molecule has 1 aliphatic heterocycles. The Labute approximate surface area is 131 Å². The van der Waals surface area contributed by atoms with E-state index < -0.39 is 0 Å². The second kappa shape index (κ2) is 7.66. The number of ether oxygens (including phenoxy) is 1. The monoisotopic (exact) mass is 310 g/mol. The van der Waals surface area contributed by atoms with E-state index in [1.165, 1.54) is 0 Å². The highest BCUT2D eigenvalue weighted by molar-refractivity contribution is 6.32. The fraction of sp³-hybridized carbons (Fsp3) is 0.562. The van der Waals surface area contributed by atoms with Gasteiger partial charge in [0.15, 0.2) is 6.61 Å². The van der Waals surface area contributed by atoms with Crippen molar-refractivity contribution in [2.24, 2.45) is 0 Å². The summed E-state index contributed by atoms with van der Waals surface area (Å²) in [5.74, 6) is 0.610. The van der Waals surface area contributed by atoms with Crippen LogP contribution in [-0.2, 0) is 4.79 Å². The molecule has 0 radical (unpaired) electrons. The molecule has 5 heteroatoms. The zero-order valence-corrected chi connectivity index (χ0v) is 13.5. The highest BCUT2D eigenvalue weighted by Crippen LogP contribution is 2.25. The Bertz CT molecular complexity index is 485. The molecular weight excluding hydrogens is 288 g/mol. The summed E-state index contributed by atoms with van der Waals surface area (Å²) in [5.41, 5.74) is 1.06. The van der Waals surface area contributed by atoms with Crippen LogP contribution in [0.1, 0.15) is 18.9 Å². The number of halogens is 1. The first-order chi connectivity index (χ1) is 10.1. The minimum atomic E-state index is 0.0312. The van der Waals surface area contributed by atoms with Gasteiger partial charge in [-0.2, -0.15) is 0 Å². The first-order valence-corrected chi connectivity index (χ1v) is 7.87. The van der Waals surface area contributed by atoms with E-state index in [1.807, 2.05) is 24.0 Å². The summed E-state index contributed by atoms with van der Waals surface area (Å²) >= 11 is 6.06. The molecule has 0 bridgehead atoms. The van der Waals surface area contributed by atoms with Crippen LogP contribution in [-0.4, -0.2) is 55.0 Å². The number of nitrogens with zero attached hydrogens (tertiary/aromatic N) is 2. The standard InChI is InChI=1S/C16H23ClN2O2/c1-3-6-18-7-9-19(10-8-18)16(20)12-21-15-11-13(2)4-5-14(15)17/h4-5,11H,3,6-10,12H2,1-2H3. The van der Waals surface area contributed by atoms with Gasteiger partial charge in [0.1, 0.15) is 5.75 Å². The Hall–Kier alpha value is -1.26. The maximum Gasteiger partial charge on any atom is 0.260 e. The molecule has 1 aromatic carbocycles. The predicted molar refractivity (Wildman–Crippen MR) is 85.0 cm³/mol. The van der Waals surface area contributed by atoms with Crippen molar-refractivity contribution in [1.29, 1.82) is 0 Å². The van der Waals surface area contributed by atoms with Crippen molar-refractivity contribution in [3.63, 3.8) is 0 Å². The molecule has 1 saturated heterocycles. The molecule has 0 atom stereocenters.